The molecule has 3 atom stereocenters. The highest BCUT2D eigenvalue weighted by molar-refractivity contribution is 5.94. The van der Waals surface area contributed by atoms with Crippen LogP contribution in [0.2, 0.25) is 0 Å². The van der Waals surface area contributed by atoms with Gasteiger partial charge in [0.1, 0.15) is 12.2 Å². The predicted molar refractivity (Wildman–Crippen MR) is 90.5 cm³/mol. The molecule has 2 aliphatic heterocycles. The fraction of sp³-hybridized carbons (Fsp3) is 0.579. The predicted octanol–water partition coefficient (Wildman–Crippen LogP) is 2.08. The second kappa shape index (κ2) is 7.08. The Labute approximate surface area is 152 Å². The van der Waals surface area contributed by atoms with Gasteiger partial charge in [0.05, 0.1) is 18.8 Å². The molecule has 0 N–H and O–H groups in total. The molecular weight excluding hydrogens is 340 g/mol. The monoisotopic (exact) mass is 364 g/mol. The zero-order valence-electron chi connectivity index (χ0n) is 15.4. The standard InChI is InChI=1S/C19H24O7/c1-18(2)22-10-13(25-18)15(20)16(14-11-23-19(3,4)26-14)24-17(21)12-8-6-5-7-9-12/h5-9,13-14,16H,10-11H2,1-4H3/t13-,14-,16-/m0/s1. The molecule has 7 nitrogen and oxygen atoms in total. The number of Topliss-reactive ketones (excluding diaryl/α,β-unsaturated/α-hetero) is 1. The third kappa shape index (κ3) is 4.29. The summed E-state index contributed by atoms with van der Waals surface area (Å²) in [6.45, 7) is 7.18. The molecule has 1 aromatic carbocycles. The van der Waals surface area contributed by atoms with Crippen LogP contribution < -0.4 is 0 Å². The molecular formula is C19H24O7. The quantitative estimate of drug-likeness (QED) is 0.740. The van der Waals surface area contributed by atoms with Crippen LogP contribution in [-0.4, -0.2) is 54.9 Å². The first kappa shape index (κ1) is 19.0. The Hall–Kier alpha value is -1.80. The summed E-state index contributed by atoms with van der Waals surface area (Å²) >= 11 is 0. The van der Waals surface area contributed by atoms with Crippen LogP contribution in [0.1, 0.15) is 38.1 Å². The Morgan fingerprint density at radius 3 is 2.15 bits per heavy atom. The molecule has 0 aliphatic carbocycles. The smallest absolute Gasteiger partial charge is 0.338 e. The molecule has 0 saturated carbocycles. The van der Waals surface area contributed by atoms with E-state index in [1.165, 1.54) is 0 Å². The SMILES string of the molecule is CC1(C)OC[C@@H](C(=O)[C@@H](OC(=O)c2ccccc2)[C@@H]2COC(C)(C)O2)O1. The van der Waals surface area contributed by atoms with Crippen molar-refractivity contribution in [1.29, 1.82) is 0 Å². The van der Waals surface area contributed by atoms with Crippen molar-refractivity contribution in [3.05, 3.63) is 35.9 Å². The summed E-state index contributed by atoms with van der Waals surface area (Å²) in [5, 5.41) is 0. The first-order chi connectivity index (χ1) is 12.2. The van der Waals surface area contributed by atoms with Gasteiger partial charge in [-0.1, -0.05) is 18.2 Å². The normalized spacial score (nSPS) is 27.8. The third-order valence-electron chi connectivity index (χ3n) is 4.22. The molecule has 2 saturated heterocycles. The fourth-order valence-electron chi connectivity index (χ4n) is 2.95. The minimum atomic E-state index is -1.15. The molecule has 0 radical (unpaired) electrons. The van der Waals surface area contributed by atoms with Gasteiger partial charge in [-0.05, 0) is 39.8 Å². The summed E-state index contributed by atoms with van der Waals surface area (Å²) in [6.07, 6.45) is -2.68. The molecule has 0 unspecified atom stereocenters. The Morgan fingerprint density at radius 2 is 1.62 bits per heavy atom. The Kier molecular flexibility index (Phi) is 5.16. The lowest BCUT2D eigenvalue weighted by Gasteiger charge is -2.25. The molecule has 7 heteroatoms. The van der Waals surface area contributed by atoms with Gasteiger partial charge in [-0.15, -0.1) is 0 Å². The van der Waals surface area contributed by atoms with E-state index in [-0.39, 0.29) is 13.2 Å². The number of hydrogen-bond acceptors (Lipinski definition) is 7. The molecule has 0 amide bonds. The van der Waals surface area contributed by atoms with Crippen LogP contribution >= 0.6 is 0 Å². The van der Waals surface area contributed by atoms with E-state index in [0.29, 0.717) is 5.56 Å². The number of carbonyl (C=O) groups is 2. The molecule has 3 rings (SSSR count). The average molecular weight is 364 g/mol. The lowest BCUT2D eigenvalue weighted by Crippen LogP contribution is -2.46. The highest BCUT2D eigenvalue weighted by atomic mass is 16.8. The highest BCUT2D eigenvalue weighted by Gasteiger charge is 2.47. The van der Waals surface area contributed by atoms with Gasteiger partial charge in [-0.2, -0.15) is 0 Å². The van der Waals surface area contributed by atoms with Crippen LogP contribution in [0.25, 0.3) is 0 Å². The van der Waals surface area contributed by atoms with E-state index < -0.39 is 41.6 Å². The van der Waals surface area contributed by atoms with Crippen molar-refractivity contribution >= 4 is 11.8 Å². The Morgan fingerprint density at radius 1 is 1.00 bits per heavy atom. The van der Waals surface area contributed by atoms with Crippen molar-refractivity contribution in [2.24, 2.45) is 0 Å². The summed E-state index contributed by atoms with van der Waals surface area (Å²) in [4.78, 5) is 25.5. The zero-order chi connectivity index (χ0) is 18.9. The van der Waals surface area contributed by atoms with Crippen LogP contribution in [0.5, 0.6) is 0 Å². The average Bonchev–Trinajstić information content (AvgIpc) is 3.14. The third-order valence-corrected chi connectivity index (χ3v) is 4.22. The first-order valence-electron chi connectivity index (χ1n) is 8.60. The van der Waals surface area contributed by atoms with E-state index in [1.807, 2.05) is 0 Å². The molecule has 2 heterocycles. The molecule has 2 fully saturated rings. The number of carbonyl (C=O) groups excluding carboxylic acids is 2. The fourth-order valence-corrected chi connectivity index (χ4v) is 2.95. The van der Waals surface area contributed by atoms with E-state index >= 15 is 0 Å². The molecule has 0 aromatic heterocycles. The van der Waals surface area contributed by atoms with E-state index in [0.717, 1.165) is 0 Å². The van der Waals surface area contributed by atoms with E-state index in [1.54, 1.807) is 58.0 Å². The largest absolute Gasteiger partial charge is 0.448 e. The van der Waals surface area contributed by atoms with Crippen molar-refractivity contribution in [1.82, 2.24) is 0 Å². The maximum absolute atomic E-state index is 13.0. The topological polar surface area (TPSA) is 80.3 Å². The second-order valence-electron chi connectivity index (χ2n) is 7.28. The number of rotatable bonds is 5. The Balaban J connectivity index is 1.78. The van der Waals surface area contributed by atoms with Gasteiger partial charge in [0, 0.05) is 0 Å². The van der Waals surface area contributed by atoms with Gasteiger partial charge in [-0.3, -0.25) is 4.79 Å². The maximum Gasteiger partial charge on any atom is 0.338 e. The van der Waals surface area contributed by atoms with Crippen molar-refractivity contribution < 1.29 is 33.3 Å². The second-order valence-corrected chi connectivity index (χ2v) is 7.28. The van der Waals surface area contributed by atoms with Crippen LogP contribution in [-0.2, 0) is 28.5 Å². The highest BCUT2D eigenvalue weighted by Crippen LogP contribution is 2.29. The van der Waals surface area contributed by atoms with Gasteiger partial charge >= 0.3 is 5.97 Å². The van der Waals surface area contributed by atoms with Gasteiger partial charge in [0.25, 0.3) is 0 Å². The van der Waals surface area contributed by atoms with Gasteiger partial charge in [-0.25, -0.2) is 4.79 Å². The van der Waals surface area contributed by atoms with Crippen LogP contribution in [0.3, 0.4) is 0 Å². The first-order valence-corrected chi connectivity index (χ1v) is 8.60. The Bertz CT molecular complexity index is 668. The zero-order valence-corrected chi connectivity index (χ0v) is 15.4. The van der Waals surface area contributed by atoms with Crippen molar-refractivity contribution in [3.8, 4) is 0 Å². The molecule has 26 heavy (non-hydrogen) atoms. The molecule has 2 aliphatic rings. The van der Waals surface area contributed by atoms with E-state index in [4.69, 9.17) is 23.7 Å². The van der Waals surface area contributed by atoms with Crippen molar-refractivity contribution in [2.45, 2.75) is 57.6 Å². The minimum absolute atomic E-state index is 0.0994. The van der Waals surface area contributed by atoms with E-state index in [9.17, 15) is 9.59 Å². The van der Waals surface area contributed by atoms with Gasteiger partial charge < -0.3 is 23.7 Å². The number of ketones is 1. The van der Waals surface area contributed by atoms with Crippen LogP contribution in [0, 0.1) is 0 Å². The molecule has 1 aromatic rings. The molecule has 0 bridgehead atoms. The van der Waals surface area contributed by atoms with Crippen molar-refractivity contribution in [2.75, 3.05) is 13.2 Å². The lowest BCUT2D eigenvalue weighted by atomic mass is 10.1. The van der Waals surface area contributed by atoms with Gasteiger partial charge in [0.2, 0.25) is 5.78 Å². The lowest BCUT2D eigenvalue weighted by molar-refractivity contribution is -0.170. The number of hydrogen-bond donors (Lipinski definition) is 0. The summed E-state index contributed by atoms with van der Waals surface area (Å²) < 4.78 is 27.9. The number of benzene rings is 1. The number of esters is 1. The summed E-state index contributed by atoms with van der Waals surface area (Å²) in [6, 6.07) is 8.49. The van der Waals surface area contributed by atoms with Gasteiger partial charge in [0.15, 0.2) is 17.7 Å². The summed E-state index contributed by atoms with van der Waals surface area (Å²) in [7, 11) is 0. The summed E-state index contributed by atoms with van der Waals surface area (Å²) in [5.41, 5.74) is 0.354. The number of ether oxygens (including phenoxy) is 5. The minimum Gasteiger partial charge on any atom is -0.448 e. The maximum atomic E-state index is 13.0. The van der Waals surface area contributed by atoms with Crippen molar-refractivity contribution in [3.63, 3.8) is 0 Å². The van der Waals surface area contributed by atoms with Crippen LogP contribution in [0.15, 0.2) is 30.3 Å². The summed E-state index contributed by atoms with van der Waals surface area (Å²) in [5.74, 6) is -2.71. The van der Waals surface area contributed by atoms with E-state index in [2.05, 4.69) is 0 Å². The molecule has 0 spiro atoms. The molecule has 142 valence electrons. The van der Waals surface area contributed by atoms with Crippen LogP contribution in [0.4, 0.5) is 0 Å².